The molecule has 1 unspecified atom stereocenters. The predicted octanol–water partition coefficient (Wildman–Crippen LogP) is 1.22. The fraction of sp³-hybridized carbons (Fsp3) is 0.600. The van der Waals surface area contributed by atoms with E-state index in [1.165, 1.54) is 0 Å². The number of halogens is 6. The molecule has 1 atom stereocenters. The molecule has 14 heavy (non-hydrogen) atoms. The van der Waals surface area contributed by atoms with E-state index in [-0.39, 0.29) is 0 Å². The fourth-order valence-corrected chi connectivity index (χ4v) is 0.329. The maximum atomic E-state index is 11.9. The highest BCUT2D eigenvalue weighted by atomic mass is 19.4. The van der Waals surface area contributed by atoms with E-state index in [4.69, 9.17) is 0 Å². The summed E-state index contributed by atoms with van der Waals surface area (Å²) >= 11 is 0. The van der Waals surface area contributed by atoms with E-state index in [1.807, 2.05) is 0 Å². The molecule has 0 aliphatic carbocycles. The Morgan fingerprint density at radius 1 is 1.00 bits per heavy atom. The third kappa shape index (κ3) is 3.62. The highest BCUT2D eigenvalue weighted by molar-refractivity contribution is 5.89. The maximum absolute atomic E-state index is 11.9. The number of rotatable bonds is 2. The Morgan fingerprint density at radius 3 is 1.71 bits per heavy atom. The molecular weight excluding hydrogens is 222 g/mol. The molecule has 0 N–H and O–H groups in total. The zero-order valence-electron chi connectivity index (χ0n) is 6.15. The van der Waals surface area contributed by atoms with Crippen molar-refractivity contribution in [1.29, 1.82) is 0 Å². The summed E-state index contributed by atoms with van der Waals surface area (Å²) in [7, 11) is 0. The van der Waals surface area contributed by atoms with Crippen molar-refractivity contribution in [2.24, 2.45) is 0 Å². The average Bonchev–Trinajstić information content (AvgIpc) is 2.00. The number of alkyl halides is 6. The Hall–Kier alpha value is -1.28. The quantitative estimate of drug-likeness (QED) is 0.402. The van der Waals surface area contributed by atoms with E-state index in [1.54, 1.807) is 0 Å². The van der Waals surface area contributed by atoms with Crippen molar-refractivity contribution in [2.75, 3.05) is 0 Å². The van der Waals surface area contributed by atoms with Crippen LogP contribution in [0.1, 0.15) is 0 Å². The topological polar surface area (TPSA) is 43.4 Å². The summed E-state index contributed by atoms with van der Waals surface area (Å²) in [6, 6.07) is 0. The van der Waals surface area contributed by atoms with Crippen LogP contribution in [0.5, 0.6) is 0 Å². The van der Waals surface area contributed by atoms with E-state index in [9.17, 15) is 35.9 Å². The molecule has 9 heteroatoms. The molecule has 0 spiro atoms. The second kappa shape index (κ2) is 4.29. The van der Waals surface area contributed by atoms with Gasteiger partial charge in [0.15, 0.2) is 0 Å². The molecule has 0 aromatic heterocycles. The van der Waals surface area contributed by atoms with Crippen LogP contribution in [0.15, 0.2) is 0 Å². The molecule has 0 rings (SSSR count). The zero-order valence-corrected chi connectivity index (χ0v) is 6.15. The van der Waals surface area contributed by atoms with Gasteiger partial charge in [-0.1, -0.05) is 0 Å². The van der Waals surface area contributed by atoms with Crippen LogP contribution in [0.25, 0.3) is 0 Å². The van der Waals surface area contributed by atoms with Gasteiger partial charge < -0.3 is 4.74 Å². The number of carbonyl (C=O) groups is 2. The van der Waals surface area contributed by atoms with Crippen LogP contribution in [0.3, 0.4) is 0 Å². The monoisotopic (exact) mass is 224 g/mol. The van der Waals surface area contributed by atoms with Crippen molar-refractivity contribution in [2.45, 2.75) is 18.8 Å². The largest absolute Gasteiger partial charge is 0.430 e. The van der Waals surface area contributed by atoms with Crippen molar-refractivity contribution in [3.05, 3.63) is 0 Å². The second-order valence-corrected chi connectivity index (χ2v) is 1.94. The minimum absolute atomic E-state index is 2.53. The highest BCUT2D eigenvalue weighted by Crippen LogP contribution is 2.23. The summed E-state index contributed by atoms with van der Waals surface area (Å²) in [6.07, 6.45) is -13.5. The summed E-state index contributed by atoms with van der Waals surface area (Å²) in [5.74, 6) is -5.23. The van der Waals surface area contributed by atoms with Crippen LogP contribution in [0.4, 0.5) is 26.3 Å². The number of ether oxygens (including phenoxy) is 1. The SMILES string of the molecule is O=C(OC(=O)C(F)C(F)(F)F)C(F)F. The van der Waals surface area contributed by atoms with Crippen LogP contribution in [-0.4, -0.2) is 30.7 Å². The van der Waals surface area contributed by atoms with Gasteiger partial charge in [-0.05, 0) is 0 Å². The van der Waals surface area contributed by atoms with Gasteiger partial charge in [-0.2, -0.15) is 22.0 Å². The molecule has 0 bridgehead atoms. The van der Waals surface area contributed by atoms with Gasteiger partial charge in [-0.3, -0.25) is 0 Å². The molecule has 0 aromatic rings. The third-order valence-corrected chi connectivity index (χ3v) is 0.874. The van der Waals surface area contributed by atoms with Gasteiger partial charge in [0, 0.05) is 0 Å². The van der Waals surface area contributed by atoms with Crippen LogP contribution in [0.2, 0.25) is 0 Å². The zero-order chi connectivity index (χ0) is 11.5. The Labute approximate surface area is 72.6 Å². The normalized spacial score (nSPS) is 13.9. The summed E-state index contributed by atoms with van der Waals surface area (Å²) in [5, 5.41) is 0. The molecule has 0 amide bonds. The first-order valence-corrected chi connectivity index (χ1v) is 2.90. The van der Waals surface area contributed by atoms with Crippen molar-refractivity contribution >= 4 is 11.9 Å². The van der Waals surface area contributed by atoms with Gasteiger partial charge >= 0.3 is 24.5 Å². The molecular formula is C5H2F6O3. The van der Waals surface area contributed by atoms with Crippen LogP contribution in [0, 0.1) is 0 Å². The first-order chi connectivity index (χ1) is 6.16. The van der Waals surface area contributed by atoms with E-state index >= 15 is 0 Å². The Balaban J connectivity index is 4.30. The summed E-state index contributed by atoms with van der Waals surface area (Å²) in [4.78, 5) is 19.9. The number of carbonyl (C=O) groups excluding carboxylic acids is 2. The van der Waals surface area contributed by atoms with Crippen LogP contribution >= 0.6 is 0 Å². The minimum atomic E-state index is -5.58. The number of hydrogen-bond donors (Lipinski definition) is 0. The lowest BCUT2D eigenvalue weighted by Crippen LogP contribution is -2.36. The summed E-state index contributed by atoms with van der Waals surface area (Å²) in [6.45, 7) is 0. The predicted molar refractivity (Wildman–Crippen MR) is 28.1 cm³/mol. The Kier molecular flexibility index (Phi) is 3.90. The Morgan fingerprint density at radius 2 is 1.43 bits per heavy atom. The Bertz CT molecular complexity index is 234. The van der Waals surface area contributed by atoms with Crippen LogP contribution < -0.4 is 0 Å². The van der Waals surface area contributed by atoms with Gasteiger partial charge in [0.1, 0.15) is 0 Å². The first-order valence-electron chi connectivity index (χ1n) is 2.90. The first kappa shape index (κ1) is 12.7. The van der Waals surface area contributed by atoms with Gasteiger partial charge in [0.25, 0.3) is 6.17 Å². The summed E-state index contributed by atoms with van der Waals surface area (Å²) < 4.78 is 71.6. The van der Waals surface area contributed by atoms with Gasteiger partial charge in [-0.15, -0.1) is 0 Å². The van der Waals surface area contributed by atoms with Crippen molar-refractivity contribution in [3.8, 4) is 0 Å². The molecule has 0 heterocycles. The van der Waals surface area contributed by atoms with E-state index in [0.29, 0.717) is 0 Å². The number of hydrogen-bond acceptors (Lipinski definition) is 3. The molecule has 0 saturated heterocycles. The number of esters is 2. The van der Waals surface area contributed by atoms with Gasteiger partial charge in [-0.25, -0.2) is 14.0 Å². The standard InChI is InChI=1S/C5H2F6O3/c6-1(5(9,10)11)3(12)14-4(13)2(7)8/h1-2H. The molecule has 3 nitrogen and oxygen atoms in total. The lowest BCUT2D eigenvalue weighted by Gasteiger charge is -2.09. The second-order valence-electron chi connectivity index (χ2n) is 1.94. The molecule has 0 radical (unpaired) electrons. The highest BCUT2D eigenvalue weighted by Gasteiger charge is 2.48. The fourth-order valence-electron chi connectivity index (χ4n) is 0.329. The summed E-state index contributed by atoms with van der Waals surface area (Å²) in [5.41, 5.74) is 0. The average molecular weight is 224 g/mol. The lowest BCUT2D eigenvalue weighted by molar-refractivity contribution is -0.204. The van der Waals surface area contributed by atoms with E-state index in [2.05, 4.69) is 4.74 Å². The molecule has 0 aliphatic rings. The molecule has 82 valence electrons. The van der Waals surface area contributed by atoms with Crippen molar-refractivity contribution in [1.82, 2.24) is 0 Å². The van der Waals surface area contributed by atoms with Crippen molar-refractivity contribution < 1.29 is 40.7 Å². The van der Waals surface area contributed by atoms with Crippen molar-refractivity contribution in [3.63, 3.8) is 0 Å². The lowest BCUT2D eigenvalue weighted by atomic mass is 10.4. The van der Waals surface area contributed by atoms with E-state index < -0.39 is 30.7 Å². The van der Waals surface area contributed by atoms with E-state index in [0.717, 1.165) is 0 Å². The smallest absolute Gasteiger partial charge is 0.386 e. The van der Waals surface area contributed by atoms with Gasteiger partial charge in [0.2, 0.25) is 0 Å². The minimum Gasteiger partial charge on any atom is -0.386 e. The molecule has 0 aliphatic heterocycles. The van der Waals surface area contributed by atoms with Crippen LogP contribution in [-0.2, 0) is 14.3 Å². The van der Waals surface area contributed by atoms with Gasteiger partial charge in [0.05, 0.1) is 0 Å². The molecule has 0 aromatic carbocycles. The third-order valence-electron chi connectivity index (χ3n) is 0.874. The molecule has 0 saturated carbocycles. The maximum Gasteiger partial charge on any atom is 0.430 e. The molecule has 0 fully saturated rings.